The van der Waals surface area contributed by atoms with Gasteiger partial charge in [-0.2, -0.15) is 0 Å². The summed E-state index contributed by atoms with van der Waals surface area (Å²) in [4.78, 5) is 0. The summed E-state index contributed by atoms with van der Waals surface area (Å²) < 4.78 is 5.44. The van der Waals surface area contributed by atoms with Gasteiger partial charge in [0.05, 0.1) is 12.7 Å². The lowest BCUT2D eigenvalue weighted by atomic mass is 10.1. The number of hydrogen-bond donors (Lipinski definition) is 1. The first-order valence-corrected chi connectivity index (χ1v) is 6.10. The summed E-state index contributed by atoms with van der Waals surface area (Å²) in [6.45, 7) is 6.92. The Labute approximate surface area is 92.3 Å². The van der Waals surface area contributed by atoms with Crippen LogP contribution >= 0.6 is 11.6 Å². The van der Waals surface area contributed by atoms with Gasteiger partial charge in [-0.05, 0) is 39.2 Å². The molecule has 2 atom stereocenters. The highest BCUT2D eigenvalue weighted by Gasteiger charge is 2.24. The minimum Gasteiger partial charge on any atom is -0.377 e. The van der Waals surface area contributed by atoms with Crippen LogP contribution in [0.2, 0.25) is 0 Å². The Morgan fingerprint density at radius 3 is 2.79 bits per heavy atom. The zero-order valence-electron chi connectivity index (χ0n) is 9.26. The van der Waals surface area contributed by atoms with E-state index in [1.54, 1.807) is 0 Å². The minimum atomic E-state index is 0.337. The monoisotopic (exact) mass is 219 g/mol. The molecule has 0 aromatic heterocycles. The Morgan fingerprint density at radius 2 is 2.21 bits per heavy atom. The molecule has 0 bridgehead atoms. The lowest BCUT2D eigenvalue weighted by molar-refractivity contribution is 0.0804. The van der Waals surface area contributed by atoms with Gasteiger partial charge in [-0.15, -0.1) is 11.6 Å². The molecule has 1 N–H and O–H groups in total. The molecule has 1 aliphatic carbocycles. The first-order valence-electron chi connectivity index (χ1n) is 5.66. The van der Waals surface area contributed by atoms with E-state index in [9.17, 15) is 0 Å². The van der Waals surface area contributed by atoms with Crippen molar-refractivity contribution < 1.29 is 4.74 Å². The van der Waals surface area contributed by atoms with E-state index in [0.29, 0.717) is 17.4 Å². The molecule has 84 valence electrons. The second-order valence-electron chi connectivity index (χ2n) is 4.33. The van der Waals surface area contributed by atoms with Crippen molar-refractivity contribution in [3.63, 3.8) is 0 Å². The molecule has 2 unspecified atom stereocenters. The molecule has 2 nitrogen and oxygen atoms in total. The number of ether oxygens (including phenoxy) is 1. The van der Waals surface area contributed by atoms with E-state index in [-0.39, 0.29) is 0 Å². The van der Waals surface area contributed by atoms with Crippen molar-refractivity contribution >= 4 is 11.6 Å². The standard InChI is InChI=1S/C11H22ClNO/c1-9(2)14-7-6-13-8-10-4-3-5-11(10)12/h9-11,13H,3-8H2,1-2H3. The van der Waals surface area contributed by atoms with E-state index in [4.69, 9.17) is 16.3 Å². The van der Waals surface area contributed by atoms with E-state index >= 15 is 0 Å². The molecule has 0 aromatic rings. The van der Waals surface area contributed by atoms with Crippen LogP contribution in [-0.2, 0) is 4.74 Å². The summed E-state index contributed by atoms with van der Waals surface area (Å²) >= 11 is 6.17. The molecule has 0 spiro atoms. The van der Waals surface area contributed by atoms with E-state index in [0.717, 1.165) is 19.7 Å². The van der Waals surface area contributed by atoms with Crippen LogP contribution in [0.25, 0.3) is 0 Å². The van der Waals surface area contributed by atoms with Gasteiger partial charge in [0.15, 0.2) is 0 Å². The van der Waals surface area contributed by atoms with Crippen molar-refractivity contribution in [3.05, 3.63) is 0 Å². The summed E-state index contributed by atoms with van der Waals surface area (Å²) in [7, 11) is 0. The topological polar surface area (TPSA) is 21.3 Å². The molecule has 0 aliphatic heterocycles. The highest BCUT2D eigenvalue weighted by Crippen LogP contribution is 2.29. The Morgan fingerprint density at radius 1 is 1.43 bits per heavy atom. The van der Waals surface area contributed by atoms with Crippen LogP contribution in [0.15, 0.2) is 0 Å². The Balaban J connectivity index is 1.93. The zero-order chi connectivity index (χ0) is 10.4. The minimum absolute atomic E-state index is 0.337. The third-order valence-electron chi connectivity index (χ3n) is 2.70. The van der Waals surface area contributed by atoms with Gasteiger partial charge in [0, 0.05) is 11.9 Å². The quantitative estimate of drug-likeness (QED) is 0.547. The first kappa shape index (κ1) is 12.3. The lowest BCUT2D eigenvalue weighted by Gasteiger charge is -2.14. The van der Waals surface area contributed by atoms with Crippen molar-refractivity contribution in [1.82, 2.24) is 5.32 Å². The second-order valence-corrected chi connectivity index (χ2v) is 4.89. The van der Waals surface area contributed by atoms with Crippen LogP contribution < -0.4 is 5.32 Å². The first-order chi connectivity index (χ1) is 6.70. The Hall–Kier alpha value is 0.210. The smallest absolute Gasteiger partial charge is 0.0594 e. The SMILES string of the molecule is CC(C)OCCNCC1CCCC1Cl. The van der Waals surface area contributed by atoms with Crippen LogP contribution in [-0.4, -0.2) is 31.2 Å². The van der Waals surface area contributed by atoms with Gasteiger partial charge in [0.2, 0.25) is 0 Å². The van der Waals surface area contributed by atoms with Gasteiger partial charge in [0.25, 0.3) is 0 Å². The van der Waals surface area contributed by atoms with Gasteiger partial charge in [0.1, 0.15) is 0 Å². The summed E-state index contributed by atoms with van der Waals surface area (Å²) in [6, 6.07) is 0. The third-order valence-corrected chi connectivity index (χ3v) is 3.28. The van der Waals surface area contributed by atoms with Crippen molar-refractivity contribution in [2.75, 3.05) is 19.7 Å². The summed E-state index contributed by atoms with van der Waals surface area (Å²) in [5.41, 5.74) is 0. The fraction of sp³-hybridized carbons (Fsp3) is 1.00. The van der Waals surface area contributed by atoms with E-state index in [2.05, 4.69) is 19.2 Å². The molecule has 1 fully saturated rings. The molecule has 0 heterocycles. The fourth-order valence-corrected chi connectivity index (χ4v) is 2.25. The number of hydrogen-bond acceptors (Lipinski definition) is 2. The van der Waals surface area contributed by atoms with E-state index < -0.39 is 0 Å². The average molecular weight is 220 g/mol. The van der Waals surface area contributed by atoms with Crippen LogP contribution in [0, 0.1) is 5.92 Å². The molecular formula is C11H22ClNO. The van der Waals surface area contributed by atoms with E-state index in [1.165, 1.54) is 19.3 Å². The second kappa shape index (κ2) is 6.65. The molecule has 3 heteroatoms. The van der Waals surface area contributed by atoms with Crippen LogP contribution in [0.5, 0.6) is 0 Å². The van der Waals surface area contributed by atoms with Crippen molar-refractivity contribution in [3.8, 4) is 0 Å². The molecule has 0 amide bonds. The number of halogens is 1. The van der Waals surface area contributed by atoms with Crippen LogP contribution in [0.1, 0.15) is 33.1 Å². The average Bonchev–Trinajstić information content (AvgIpc) is 2.51. The molecule has 1 aliphatic rings. The maximum absolute atomic E-state index is 6.17. The molecule has 1 saturated carbocycles. The Kier molecular flexibility index (Phi) is 5.83. The van der Waals surface area contributed by atoms with Gasteiger partial charge >= 0.3 is 0 Å². The van der Waals surface area contributed by atoms with Crippen molar-refractivity contribution in [1.29, 1.82) is 0 Å². The van der Waals surface area contributed by atoms with E-state index in [1.807, 2.05) is 0 Å². The zero-order valence-corrected chi connectivity index (χ0v) is 10.0. The van der Waals surface area contributed by atoms with Gasteiger partial charge in [-0.25, -0.2) is 0 Å². The number of rotatable bonds is 6. The summed E-state index contributed by atoms with van der Waals surface area (Å²) in [5, 5.41) is 3.80. The molecule has 1 rings (SSSR count). The molecule has 14 heavy (non-hydrogen) atoms. The maximum Gasteiger partial charge on any atom is 0.0594 e. The maximum atomic E-state index is 6.17. The number of alkyl halides is 1. The van der Waals surface area contributed by atoms with Crippen molar-refractivity contribution in [2.45, 2.75) is 44.6 Å². The van der Waals surface area contributed by atoms with Gasteiger partial charge in [-0.1, -0.05) is 6.42 Å². The highest BCUT2D eigenvalue weighted by molar-refractivity contribution is 6.20. The highest BCUT2D eigenvalue weighted by atomic mass is 35.5. The van der Waals surface area contributed by atoms with Crippen LogP contribution in [0.4, 0.5) is 0 Å². The lowest BCUT2D eigenvalue weighted by Crippen LogP contribution is -2.29. The third kappa shape index (κ3) is 4.63. The molecular weight excluding hydrogens is 198 g/mol. The van der Waals surface area contributed by atoms with Crippen LogP contribution in [0.3, 0.4) is 0 Å². The number of nitrogens with one attached hydrogen (secondary N) is 1. The predicted octanol–water partition coefficient (Wildman–Crippen LogP) is 2.41. The fourth-order valence-electron chi connectivity index (χ4n) is 1.88. The van der Waals surface area contributed by atoms with Gasteiger partial charge in [-0.3, -0.25) is 0 Å². The summed E-state index contributed by atoms with van der Waals surface area (Å²) in [5.74, 6) is 0.677. The predicted molar refractivity (Wildman–Crippen MR) is 60.9 cm³/mol. The molecule has 0 radical (unpaired) electrons. The largest absolute Gasteiger partial charge is 0.377 e. The summed E-state index contributed by atoms with van der Waals surface area (Å²) in [6.07, 6.45) is 4.11. The molecule has 0 aromatic carbocycles. The van der Waals surface area contributed by atoms with Crippen molar-refractivity contribution in [2.24, 2.45) is 5.92 Å². The molecule has 0 saturated heterocycles. The Bertz CT molecular complexity index is 152. The van der Waals surface area contributed by atoms with Gasteiger partial charge < -0.3 is 10.1 Å². The normalized spacial score (nSPS) is 27.4.